The molecule has 1 aromatic carbocycles. The van der Waals surface area contributed by atoms with Crippen LogP contribution in [0.25, 0.3) is 0 Å². The Hall–Kier alpha value is -2.27. The molecule has 5 nitrogen and oxygen atoms in total. The van der Waals surface area contributed by atoms with Crippen molar-refractivity contribution in [3.63, 3.8) is 0 Å². The van der Waals surface area contributed by atoms with Gasteiger partial charge < -0.3 is 19.2 Å². The van der Waals surface area contributed by atoms with Crippen molar-refractivity contribution < 1.29 is 18.7 Å². The number of hydrogen-bond acceptors (Lipinski definition) is 4. The third-order valence-corrected chi connectivity index (χ3v) is 4.46. The number of methoxy groups -OCH3 is 1. The third kappa shape index (κ3) is 3.24. The summed E-state index contributed by atoms with van der Waals surface area (Å²) in [6, 6.07) is 11.4. The van der Waals surface area contributed by atoms with Gasteiger partial charge in [-0.1, -0.05) is 18.2 Å². The van der Waals surface area contributed by atoms with E-state index in [-0.39, 0.29) is 11.3 Å². The molecule has 2 aromatic rings. The van der Waals surface area contributed by atoms with Crippen LogP contribution >= 0.6 is 0 Å². The van der Waals surface area contributed by atoms with Crippen molar-refractivity contribution in [3.05, 3.63) is 54.0 Å². The third-order valence-electron chi connectivity index (χ3n) is 4.46. The average Bonchev–Trinajstić information content (AvgIpc) is 3.15. The van der Waals surface area contributed by atoms with E-state index < -0.39 is 0 Å². The minimum atomic E-state index is -0.198. The summed E-state index contributed by atoms with van der Waals surface area (Å²) in [6.45, 7) is 1.87. The summed E-state index contributed by atoms with van der Waals surface area (Å²) in [6.07, 6.45) is 3.18. The molecular weight excluding hydrogens is 294 g/mol. The summed E-state index contributed by atoms with van der Waals surface area (Å²) >= 11 is 0. The Morgan fingerprint density at radius 1 is 1.22 bits per heavy atom. The van der Waals surface area contributed by atoms with Crippen molar-refractivity contribution in [1.29, 1.82) is 0 Å². The van der Waals surface area contributed by atoms with Crippen LogP contribution in [0.1, 0.15) is 29.0 Å². The molecule has 1 aliphatic heterocycles. The first-order valence-corrected chi connectivity index (χ1v) is 7.78. The number of amides is 1. The van der Waals surface area contributed by atoms with Gasteiger partial charge in [-0.3, -0.25) is 4.79 Å². The molecular formula is C18H21NO4. The normalized spacial score (nSPS) is 16.7. The van der Waals surface area contributed by atoms with Crippen molar-refractivity contribution >= 4 is 5.91 Å². The summed E-state index contributed by atoms with van der Waals surface area (Å²) in [7, 11) is 1.67. The Bertz CT molecular complexity index is 645. The number of rotatable bonds is 5. The van der Waals surface area contributed by atoms with Gasteiger partial charge in [0.15, 0.2) is 5.76 Å². The second-order valence-corrected chi connectivity index (χ2v) is 5.75. The lowest BCUT2D eigenvalue weighted by molar-refractivity contribution is 0.0476. The Balaban J connectivity index is 1.83. The van der Waals surface area contributed by atoms with Gasteiger partial charge in [-0.2, -0.15) is 0 Å². The van der Waals surface area contributed by atoms with Gasteiger partial charge in [0.05, 0.1) is 13.4 Å². The van der Waals surface area contributed by atoms with Crippen LogP contribution in [0.5, 0.6) is 5.75 Å². The van der Waals surface area contributed by atoms with Gasteiger partial charge in [-0.15, -0.1) is 0 Å². The molecule has 0 bridgehead atoms. The Kier molecular flexibility index (Phi) is 4.67. The molecule has 122 valence electrons. The fraction of sp³-hybridized carbons (Fsp3) is 0.389. The maximum absolute atomic E-state index is 12.2. The second-order valence-electron chi connectivity index (χ2n) is 5.75. The van der Waals surface area contributed by atoms with Crippen molar-refractivity contribution in [2.75, 3.05) is 26.9 Å². The van der Waals surface area contributed by atoms with E-state index >= 15 is 0 Å². The minimum absolute atomic E-state index is 0.187. The molecule has 1 amide bonds. The van der Waals surface area contributed by atoms with Gasteiger partial charge in [0, 0.05) is 30.7 Å². The highest BCUT2D eigenvalue weighted by atomic mass is 16.5. The fourth-order valence-electron chi connectivity index (χ4n) is 3.13. The molecule has 0 aliphatic carbocycles. The van der Waals surface area contributed by atoms with Crippen molar-refractivity contribution in [2.24, 2.45) is 0 Å². The van der Waals surface area contributed by atoms with Gasteiger partial charge in [-0.05, 0) is 31.0 Å². The zero-order valence-electron chi connectivity index (χ0n) is 13.2. The largest absolute Gasteiger partial charge is 0.496 e. The van der Waals surface area contributed by atoms with Crippen LogP contribution in [0, 0.1) is 0 Å². The maximum Gasteiger partial charge on any atom is 0.287 e. The van der Waals surface area contributed by atoms with Crippen molar-refractivity contribution in [1.82, 2.24) is 5.32 Å². The second kappa shape index (κ2) is 6.87. The van der Waals surface area contributed by atoms with E-state index in [1.807, 2.05) is 18.2 Å². The highest BCUT2D eigenvalue weighted by Gasteiger charge is 2.37. The molecule has 3 rings (SSSR count). The molecule has 0 spiro atoms. The number of carbonyl (C=O) groups excluding carboxylic acids is 1. The molecule has 1 fully saturated rings. The van der Waals surface area contributed by atoms with E-state index in [2.05, 4.69) is 11.4 Å². The number of carbonyl (C=O) groups is 1. The zero-order chi connectivity index (χ0) is 16.1. The quantitative estimate of drug-likeness (QED) is 0.921. The molecule has 0 unspecified atom stereocenters. The number of ether oxygens (including phenoxy) is 2. The average molecular weight is 315 g/mol. The van der Waals surface area contributed by atoms with Crippen molar-refractivity contribution in [3.8, 4) is 5.75 Å². The summed E-state index contributed by atoms with van der Waals surface area (Å²) in [5.74, 6) is 0.977. The summed E-state index contributed by atoms with van der Waals surface area (Å²) in [5, 5.41) is 3.00. The Labute approximate surface area is 135 Å². The predicted octanol–water partition coefficient (Wildman–Crippen LogP) is 2.77. The van der Waals surface area contributed by atoms with Crippen molar-refractivity contribution in [2.45, 2.75) is 18.3 Å². The van der Waals surface area contributed by atoms with Crippen LogP contribution in [-0.4, -0.2) is 32.8 Å². The maximum atomic E-state index is 12.2. The van der Waals surface area contributed by atoms with E-state index in [0.29, 0.717) is 25.5 Å². The summed E-state index contributed by atoms with van der Waals surface area (Å²) in [5.41, 5.74) is 0.929. The molecule has 0 radical (unpaired) electrons. The predicted molar refractivity (Wildman–Crippen MR) is 85.8 cm³/mol. The number of para-hydroxylation sites is 1. The van der Waals surface area contributed by atoms with Gasteiger partial charge in [0.1, 0.15) is 5.75 Å². The lowest BCUT2D eigenvalue weighted by atomic mass is 9.73. The molecule has 1 saturated heterocycles. The summed E-state index contributed by atoms with van der Waals surface area (Å²) < 4.78 is 16.2. The van der Waals surface area contributed by atoms with Crippen LogP contribution in [0.15, 0.2) is 47.1 Å². The highest BCUT2D eigenvalue weighted by Crippen LogP contribution is 2.39. The first-order valence-electron chi connectivity index (χ1n) is 7.78. The van der Waals surface area contributed by atoms with E-state index in [1.165, 1.54) is 6.26 Å². The molecule has 1 aromatic heterocycles. The number of nitrogens with one attached hydrogen (secondary N) is 1. The van der Waals surface area contributed by atoms with E-state index in [0.717, 1.165) is 24.2 Å². The van der Waals surface area contributed by atoms with Crippen LogP contribution in [-0.2, 0) is 10.2 Å². The first kappa shape index (κ1) is 15.6. The van der Waals surface area contributed by atoms with Crippen LogP contribution in [0.2, 0.25) is 0 Å². The highest BCUT2D eigenvalue weighted by molar-refractivity contribution is 5.91. The minimum Gasteiger partial charge on any atom is -0.496 e. The standard InChI is InChI=1S/C18H21NO4/c1-21-15-6-3-2-5-14(15)18(8-11-22-12-9-18)13-19-17(20)16-7-4-10-23-16/h2-7,10H,8-9,11-13H2,1H3,(H,19,20). The topological polar surface area (TPSA) is 60.7 Å². The lowest BCUT2D eigenvalue weighted by Gasteiger charge is -2.38. The number of furan rings is 1. The Morgan fingerprint density at radius 2 is 2.00 bits per heavy atom. The molecule has 23 heavy (non-hydrogen) atoms. The smallest absolute Gasteiger partial charge is 0.287 e. The van der Waals surface area contributed by atoms with E-state index in [1.54, 1.807) is 19.2 Å². The molecule has 5 heteroatoms. The van der Waals surface area contributed by atoms with E-state index in [9.17, 15) is 4.79 Å². The van der Waals surface area contributed by atoms with Crippen LogP contribution in [0.4, 0.5) is 0 Å². The van der Waals surface area contributed by atoms with Gasteiger partial charge in [0.25, 0.3) is 5.91 Å². The lowest BCUT2D eigenvalue weighted by Crippen LogP contribution is -2.44. The van der Waals surface area contributed by atoms with Gasteiger partial charge in [-0.25, -0.2) is 0 Å². The monoisotopic (exact) mass is 315 g/mol. The molecule has 0 atom stereocenters. The van der Waals surface area contributed by atoms with Crippen LogP contribution < -0.4 is 10.1 Å². The van der Waals surface area contributed by atoms with E-state index in [4.69, 9.17) is 13.9 Å². The molecule has 2 heterocycles. The Morgan fingerprint density at radius 3 is 2.70 bits per heavy atom. The summed E-state index contributed by atoms with van der Waals surface area (Å²) in [4.78, 5) is 12.2. The fourth-order valence-corrected chi connectivity index (χ4v) is 3.13. The first-order chi connectivity index (χ1) is 11.2. The molecule has 1 N–H and O–H groups in total. The number of hydrogen-bond donors (Lipinski definition) is 1. The van der Waals surface area contributed by atoms with Gasteiger partial charge in [0.2, 0.25) is 0 Å². The molecule has 1 aliphatic rings. The van der Waals surface area contributed by atoms with Gasteiger partial charge >= 0.3 is 0 Å². The zero-order valence-corrected chi connectivity index (χ0v) is 13.2. The number of benzene rings is 1. The van der Waals surface area contributed by atoms with Crippen LogP contribution in [0.3, 0.4) is 0 Å². The molecule has 0 saturated carbocycles. The SMILES string of the molecule is COc1ccccc1C1(CNC(=O)c2ccco2)CCOCC1.